The predicted octanol–water partition coefficient (Wildman–Crippen LogP) is 1.61. The summed E-state index contributed by atoms with van der Waals surface area (Å²) in [6.45, 7) is 7.06. The standard InChI is InChI=1S/C17H24N2O5S/c1-4-6-13(3)19-16(20)12-24-17(21)14-7-9-15(10-8-14)25(22,23)18-11-5-2/h5,7-10,13,18H,2,4,6,11-12H2,1,3H3,(H,19,20). The van der Waals surface area contributed by atoms with E-state index in [-0.39, 0.29) is 35.6 Å². The zero-order chi connectivity index (χ0) is 18.9. The van der Waals surface area contributed by atoms with E-state index in [1.807, 2.05) is 13.8 Å². The SMILES string of the molecule is C=CCNS(=O)(=O)c1ccc(C(=O)OCC(=O)NC(C)CCC)cc1. The highest BCUT2D eigenvalue weighted by Gasteiger charge is 2.15. The zero-order valence-corrected chi connectivity index (χ0v) is 15.3. The van der Waals surface area contributed by atoms with Gasteiger partial charge in [0.2, 0.25) is 10.0 Å². The van der Waals surface area contributed by atoms with E-state index >= 15 is 0 Å². The second-order valence-corrected chi connectivity index (χ2v) is 7.27. The molecular weight excluding hydrogens is 344 g/mol. The molecule has 0 aliphatic carbocycles. The number of hydrogen-bond acceptors (Lipinski definition) is 5. The van der Waals surface area contributed by atoms with Crippen LogP contribution in [0.15, 0.2) is 41.8 Å². The topological polar surface area (TPSA) is 102 Å². The molecule has 1 aromatic rings. The summed E-state index contributed by atoms with van der Waals surface area (Å²) >= 11 is 0. The molecule has 8 heteroatoms. The number of carbonyl (C=O) groups is 2. The minimum Gasteiger partial charge on any atom is -0.452 e. The van der Waals surface area contributed by atoms with Crippen molar-refractivity contribution in [1.29, 1.82) is 0 Å². The molecule has 0 fully saturated rings. The lowest BCUT2D eigenvalue weighted by Crippen LogP contribution is -2.35. The maximum Gasteiger partial charge on any atom is 0.338 e. The lowest BCUT2D eigenvalue weighted by Gasteiger charge is -2.12. The summed E-state index contributed by atoms with van der Waals surface area (Å²) in [5, 5.41) is 2.72. The van der Waals surface area contributed by atoms with Crippen LogP contribution in [-0.2, 0) is 19.6 Å². The van der Waals surface area contributed by atoms with Gasteiger partial charge in [0.25, 0.3) is 5.91 Å². The van der Waals surface area contributed by atoms with Crippen LogP contribution in [0.2, 0.25) is 0 Å². The lowest BCUT2D eigenvalue weighted by molar-refractivity contribution is -0.124. The molecule has 25 heavy (non-hydrogen) atoms. The van der Waals surface area contributed by atoms with Crippen LogP contribution in [0.25, 0.3) is 0 Å². The Morgan fingerprint density at radius 1 is 1.28 bits per heavy atom. The van der Waals surface area contributed by atoms with E-state index in [2.05, 4.69) is 16.6 Å². The van der Waals surface area contributed by atoms with Crippen molar-refractivity contribution >= 4 is 21.9 Å². The molecule has 0 saturated heterocycles. The average Bonchev–Trinajstić information content (AvgIpc) is 2.58. The Bertz CT molecular complexity index is 698. The number of amides is 1. The van der Waals surface area contributed by atoms with E-state index in [1.54, 1.807) is 0 Å². The van der Waals surface area contributed by atoms with Crippen LogP contribution in [0.1, 0.15) is 37.0 Å². The number of rotatable bonds is 10. The highest BCUT2D eigenvalue weighted by molar-refractivity contribution is 7.89. The minimum absolute atomic E-state index is 0.0174. The summed E-state index contributed by atoms with van der Waals surface area (Å²) in [5.74, 6) is -1.07. The normalized spacial score (nSPS) is 12.2. The maximum atomic E-state index is 11.9. The van der Waals surface area contributed by atoms with Gasteiger partial charge in [0.05, 0.1) is 10.5 Å². The third-order valence-corrected chi connectivity index (χ3v) is 4.72. The maximum absolute atomic E-state index is 11.9. The molecule has 0 bridgehead atoms. The van der Waals surface area contributed by atoms with Crippen molar-refractivity contribution in [3.8, 4) is 0 Å². The number of ether oxygens (including phenoxy) is 1. The fourth-order valence-corrected chi connectivity index (χ4v) is 3.06. The number of nitrogens with one attached hydrogen (secondary N) is 2. The van der Waals surface area contributed by atoms with E-state index < -0.39 is 16.0 Å². The van der Waals surface area contributed by atoms with Gasteiger partial charge >= 0.3 is 5.97 Å². The summed E-state index contributed by atoms with van der Waals surface area (Å²) in [4.78, 5) is 23.6. The monoisotopic (exact) mass is 368 g/mol. The smallest absolute Gasteiger partial charge is 0.338 e. The fraction of sp³-hybridized carbons (Fsp3) is 0.412. The Hall–Kier alpha value is -2.19. The van der Waals surface area contributed by atoms with Crippen molar-refractivity contribution in [1.82, 2.24) is 10.0 Å². The highest BCUT2D eigenvalue weighted by Crippen LogP contribution is 2.11. The molecule has 138 valence electrons. The van der Waals surface area contributed by atoms with Gasteiger partial charge in [0.15, 0.2) is 6.61 Å². The largest absolute Gasteiger partial charge is 0.452 e. The van der Waals surface area contributed by atoms with Crippen molar-refractivity contribution in [3.63, 3.8) is 0 Å². The van der Waals surface area contributed by atoms with Crippen molar-refractivity contribution < 1.29 is 22.7 Å². The van der Waals surface area contributed by atoms with Crippen molar-refractivity contribution in [2.75, 3.05) is 13.2 Å². The van der Waals surface area contributed by atoms with E-state index in [9.17, 15) is 18.0 Å². The van der Waals surface area contributed by atoms with Crippen LogP contribution in [0, 0.1) is 0 Å². The van der Waals surface area contributed by atoms with Gasteiger partial charge in [-0.3, -0.25) is 4.79 Å². The van der Waals surface area contributed by atoms with E-state index in [0.29, 0.717) is 0 Å². The van der Waals surface area contributed by atoms with E-state index in [1.165, 1.54) is 30.3 Å². The molecule has 0 aliphatic heterocycles. The summed E-state index contributed by atoms with van der Waals surface area (Å²) in [6.07, 6.45) is 3.21. The molecule has 1 amide bonds. The number of benzene rings is 1. The second kappa shape index (κ2) is 9.95. The Morgan fingerprint density at radius 3 is 2.48 bits per heavy atom. The first-order valence-electron chi connectivity index (χ1n) is 7.97. The van der Waals surface area contributed by atoms with Crippen LogP contribution >= 0.6 is 0 Å². The van der Waals surface area contributed by atoms with Crippen LogP contribution in [0.3, 0.4) is 0 Å². The fourth-order valence-electron chi connectivity index (χ4n) is 2.06. The van der Waals surface area contributed by atoms with Gasteiger partial charge in [-0.1, -0.05) is 19.4 Å². The summed E-state index contributed by atoms with van der Waals surface area (Å²) in [7, 11) is -3.65. The van der Waals surface area contributed by atoms with E-state index in [4.69, 9.17) is 4.74 Å². The number of esters is 1. The first-order chi connectivity index (χ1) is 11.8. The summed E-state index contributed by atoms with van der Waals surface area (Å²) < 4.78 is 31.1. The number of sulfonamides is 1. The summed E-state index contributed by atoms with van der Waals surface area (Å²) in [5.41, 5.74) is 0.164. The highest BCUT2D eigenvalue weighted by atomic mass is 32.2. The van der Waals surface area contributed by atoms with Gasteiger partial charge in [-0.15, -0.1) is 6.58 Å². The van der Waals surface area contributed by atoms with Crippen molar-refractivity contribution in [2.45, 2.75) is 37.6 Å². The molecule has 1 unspecified atom stereocenters. The average molecular weight is 368 g/mol. The second-order valence-electron chi connectivity index (χ2n) is 5.50. The molecule has 0 aromatic heterocycles. The van der Waals surface area contributed by atoms with Crippen LogP contribution in [0.4, 0.5) is 0 Å². The van der Waals surface area contributed by atoms with Gasteiger partial charge in [0.1, 0.15) is 0 Å². The van der Waals surface area contributed by atoms with E-state index in [0.717, 1.165) is 12.8 Å². The summed E-state index contributed by atoms with van der Waals surface area (Å²) in [6, 6.07) is 5.28. The predicted molar refractivity (Wildman–Crippen MR) is 94.6 cm³/mol. The first-order valence-corrected chi connectivity index (χ1v) is 9.45. The minimum atomic E-state index is -3.65. The zero-order valence-electron chi connectivity index (χ0n) is 14.4. The third-order valence-electron chi connectivity index (χ3n) is 3.28. The Balaban J connectivity index is 2.60. The quantitative estimate of drug-likeness (QED) is 0.483. The molecule has 0 spiro atoms. The van der Waals surface area contributed by atoms with Gasteiger partial charge in [0, 0.05) is 12.6 Å². The lowest BCUT2D eigenvalue weighted by atomic mass is 10.2. The Kier molecular flexibility index (Phi) is 8.30. The van der Waals surface area contributed by atoms with Crippen LogP contribution in [-0.4, -0.2) is 39.5 Å². The van der Waals surface area contributed by atoms with Gasteiger partial charge in [-0.05, 0) is 37.6 Å². The first kappa shape index (κ1) is 20.9. The number of hydrogen-bond donors (Lipinski definition) is 2. The van der Waals surface area contributed by atoms with Crippen LogP contribution in [0.5, 0.6) is 0 Å². The molecule has 2 N–H and O–H groups in total. The molecule has 1 rings (SSSR count). The van der Waals surface area contributed by atoms with Gasteiger partial charge in [-0.25, -0.2) is 17.9 Å². The molecule has 0 aliphatic rings. The molecular formula is C17H24N2O5S. The molecule has 0 saturated carbocycles. The molecule has 0 heterocycles. The van der Waals surface area contributed by atoms with Crippen LogP contribution < -0.4 is 10.0 Å². The van der Waals surface area contributed by atoms with Crippen molar-refractivity contribution in [3.05, 3.63) is 42.5 Å². The third kappa shape index (κ3) is 7.06. The molecule has 0 radical (unpaired) electrons. The molecule has 1 aromatic carbocycles. The van der Waals surface area contributed by atoms with Crippen molar-refractivity contribution in [2.24, 2.45) is 0 Å². The van der Waals surface area contributed by atoms with Gasteiger partial charge < -0.3 is 10.1 Å². The Morgan fingerprint density at radius 2 is 1.92 bits per heavy atom. The number of carbonyl (C=O) groups excluding carboxylic acids is 2. The molecule has 1 atom stereocenters. The molecule has 7 nitrogen and oxygen atoms in total. The van der Waals surface area contributed by atoms with Gasteiger partial charge in [-0.2, -0.15) is 0 Å². The Labute approximate surface area is 148 Å².